The lowest BCUT2D eigenvalue weighted by Crippen LogP contribution is -2.41. The van der Waals surface area contributed by atoms with E-state index in [2.05, 4.69) is 5.32 Å². The number of nitro benzene ring substituents is 1. The summed E-state index contributed by atoms with van der Waals surface area (Å²) >= 11 is 0. The Morgan fingerprint density at radius 2 is 1.89 bits per heavy atom. The molecule has 1 fully saturated rings. The number of rotatable bonds is 7. The fourth-order valence-electron chi connectivity index (χ4n) is 2.55. The number of non-ortho nitro benzene ring substituents is 1. The Hall–Kier alpha value is -2.94. The number of aryl methyl sites for hydroxylation is 1. The number of amides is 1. The van der Waals surface area contributed by atoms with Crippen molar-refractivity contribution in [2.24, 2.45) is 0 Å². The van der Waals surface area contributed by atoms with E-state index in [1.165, 1.54) is 30.3 Å². The number of carbonyl (C=O) groups excluding carboxylic acids is 1. The van der Waals surface area contributed by atoms with Gasteiger partial charge in [-0.2, -0.15) is 0 Å². The van der Waals surface area contributed by atoms with Crippen LogP contribution in [0.1, 0.15) is 18.4 Å². The summed E-state index contributed by atoms with van der Waals surface area (Å²) < 4.78 is 27.2. The van der Waals surface area contributed by atoms with Gasteiger partial charge in [-0.15, -0.1) is 0 Å². The molecule has 0 atom stereocenters. The van der Waals surface area contributed by atoms with E-state index >= 15 is 0 Å². The zero-order valence-corrected chi connectivity index (χ0v) is 15.5. The molecule has 0 saturated heterocycles. The molecule has 1 saturated carbocycles. The number of hydrogen-bond acceptors (Lipinski definition) is 5. The normalized spacial score (nSPS) is 13.8. The lowest BCUT2D eigenvalue weighted by Gasteiger charge is -2.24. The highest BCUT2D eigenvalue weighted by Crippen LogP contribution is 2.27. The fraction of sp³-hybridized carbons (Fsp3) is 0.278. The Bertz CT molecular complexity index is 969. The molecule has 1 aliphatic carbocycles. The third-order valence-electron chi connectivity index (χ3n) is 4.17. The van der Waals surface area contributed by atoms with Crippen molar-refractivity contribution >= 4 is 27.3 Å². The number of nitrogens with zero attached hydrogens (tertiary/aromatic N) is 2. The van der Waals surface area contributed by atoms with E-state index in [1.807, 2.05) is 6.92 Å². The SMILES string of the molecule is Cc1ccc(S(=O)(=O)N(CC(=O)NC2CC2)c2cccc([N+](=O)[O-])c2)cc1. The van der Waals surface area contributed by atoms with Crippen LogP contribution in [0.4, 0.5) is 11.4 Å². The number of benzene rings is 2. The first-order valence-corrected chi connectivity index (χ1v) is 9.84. The third-order valence-corrected chi connectivity index (χ3v) is 5.96. The summed E-state index contributed by atoms with van der Waals surface area (Å²) in [5, 5.41) is 13.8. The summed E-state index contributed by atoms with van der Waals surface area (Å²) in [6, 6.07) is 11.5. The minimum Gasteiger partial charge on any atom is -0.352 e. The average molecular weight is 389 g/mol. The van der Waals surface area contributed by atoms with E-state index in [1.54, 1.807) is 12.1 Å². The van der Waals surface area contributed by atoms with Crippen LogP contribution in [-0.4, -0.2) is 31.8 Å². The standard InChI is InChI=1S/C18H19N3O5S/c1-13-5-9-17(10-6-13)27(25,26)20(12-18(22)19-14-7-8-14)15-3-2-4-16(11-15)21(23)24/h2-6,9-11,14H,7-8,12H2,1H3,(H,19,22). The topological polar surface area (TPSA) is 110 Å². The zero-order chi connectivity index (χ0) is 19.6. The first kappa shape index (κ1) is 18.8. The Morgan fingerprint density at radius 3 is 2.48 bits per heavy atom. The quantitative estimate of drug-likeness (QED) is 0.577. The Balaban J connectivity index is 2.00. The molecule has 2 aromatic carbocycles. The monoisotopic (exact) mass is 389 g/mol. The van der Waals surface area contributed by atoms with E-state index in [-0.39, 0.29) is 22.3 Å². The van der Waals surface area contributed by atoms with Crippen LogP contribution in [0.3, 0.4) is 0 Å². The Morgan fingerprint density at radius 1 is 1.22 bits per heavy atom. The molecule has 142 valence electrons. The van der Waals surface area contributed by atoms with Gasteiger partial charge in [0.15, 0.2) is 0 Å². The van der Waals surface area contributed by atoms with Gasteiger partial charge in [0.25, 0.3) is 15.7 Å². The molecule has 1 aliphatic rings. The lowest BCUT2D eigenvalue weighted by molar-refractivity contribution is -0.384. The van der Waals surface area contributed by atoms with E-state index in [9.17, 15) is 23.3 Å². The number of nitrogens with one attached hydrogen (secondary N) is 1. The molecular weight excluding hydrogens is 370 g/mol. The highest BCUT2D eigenvalue weighted by atomic mass is 32.2. The number of sulfonamides is 1. The molecule has 0 aromatic heterocycles. The first-order valence-electron chi connectivity index (χ1n) is 8.40. The molecule has 0 heterocycles. The molecule has 1 N–H and O–H groups in total. The molecule has 8 nitrogen and oxygen atoms in total. The number of hydrogen-bond donors (Lipinski definition) is 1. The van der Waals surface area contributed by atoms with Crippen LogP contribution in [0, 0.1) is 17.0 Å². The van der Waals surface area contributed by atoms with Gasteiger partial charge in [-0.1, -0.05) is 23.8 Å². The summed E-state index contributed by atoms with van der Waals surface area (Å²) in [5.74, 6) is -0.445. The van der Waals surface area contributed by atoms with Crippen molar-refractivity contribution in [1.82, 2.24) is 5.32 Å². The summed E-state index contributed by atoms with van der Waals surface area (Å²) in [6.45, 7) is 1.38. The van der Waals surface area contributed by atoms with Crippen LogP contribution in [0.2, 0.25) is 0 Å². The molecule has 0 spiro atoms. The maximum absolute atomic E-state index is 13.1. The molecular formula is C18H19N3O5S. The molecule has 3 rings (SSSR count). The van der Waals surface area contributed by atoms with Gasteiger partial charge < -0.3 is 5.32 Å². The summed E-state index contributed by atoms with van der Waals surface area (Å²) in [4.78, 5) is 22.8. The molecule has 2 aromatic rings. The van der Waals surface area contributed by atoms with Crippen LogP contribution in [0.5, 0.6) is 0 Å². The van der Waals surface area contributed by atoms with E-state index in [0.29, 0.717) is 0 Å². The summed E-state index contributed by atoms with van der Waals surface area (Å²) in [5.41, 5.74) is 0.706. The van der Waals surface area contributed by atoms with Crippen molar-refractivity contribution in [1.29, 1.82) is 0 Å². The van der Waals surface area contributed by atoms with E-state index < -0.39 is 27.4 Å². The average Bonchev–Trinajstić information content (AvgIpc) is 3.44. The largest absolute Gasteiger partial charge is 0.352 e. The maximum atomic E-state index is 13.1. The van der Waals surface area contributed by atoms with E-state index in [0.717, 1.165) is 28.8 Å². The smallest absolute Gasteiger partial charge is 0.271 e. The predicted molar refractivity (Wildman–Crippen MR) is 100.0 cm³/mol. The molecule has 0 radical (unpaired) electrons. The Kier molecular flexibility index (Phi) is 5.13. The van der Waals surface area contributed by atoms with Crippen molar-refractivity contribution in [3.05, 3.63) is 64.2 Å². The predicted octanol–water partition coefficient (Wildman–Crippen LogP) is 2.38. The number of carbonyl (C=O) groups is 1. The van der Waals surface area contributed by atoms with E-state index in [4.69, 9.17) is 0 Å². The van der Waals surface area contributed by atoms with Crippen molar-refractivity contribution in [3.63, 3.8) is 0 Å². The van der Waals surface area contributed by atoms with Gasteiger partial charge in [-0.25, -0.2) is 8.42 Å². The minimum absolute atomic E-state index is 0.0128. The maximum Gasteiger partial charge on any atom is 0.271 e. The van der Waals surface area contributed by atoms with Gasteiger partial charge in [0.1, 0.15) is 6.54 Å². The molecule has 0 unspecified atom stereocenters. The van der Waals surface area contributed by atoms with Crippen molar-refractivity contribution in [2.75, 3.05) is 10.8 Å². The number of anilines is 1. The minimum atomic E-state index is -4.07. The van der Waals surface area contributed by atoms with Crippen molar-refractivity contribution < 1.29 is 18.1 Å². The lowest BCUT2D eigenvalue weighted by atomic mass is 10.2. The van der Waals surface area contributed by atoms with Crippen LogP contribution in [-0.2, 0) is 14.8 Å². The Labute approximate surface area is 157 Å². The van der Waals surface area contributed by atoms with Gasteiger partial charge in [0, 0.05) is 18.2 Å². The van der Waals surface area contributed by atoms with Gasteiger partial charge in [-0.3, -0.25) is 19.2 Å². The highest BCUT2D eigenvalue weighted by molar-refractivity contribution is 7.92. The molecule has 1 amide bonds. The number of nitro groups is 1. The summed E-state index contributed by atoms with van der Waals surface area (Å²) in [7, 11) is -4.07. The summed E-state index contributed by atoms with van der Waals surface area (Å²) in [6.07, 6.45) is 1.74. The second kappa shape index (κ2) is 7.36. The second-order valence-corrected chi connectivity index (χ2v) is 8.31. The van der Waals surface area contributed by atoms with Crippen molar-refractivity contribution in [3.8, 4) is 0 Å². The molecule has 27 heavy (non-hydrogen) atoms. The second-order valence-electron chi connectivity index (χ2n) is 6.44. The highest BCUT2D eigenvalue weighted by Gasteiger charge is 2.30. The van der Waals surface area contributed by atoms with Gasteiger partial charge in [-0.05, 0) is 38.0 Å². The van der Waals surface area contributed by atoms with Crippen LogP contribution < -0.4 is 9.62 Å². The molecule has 9 heteroatoms. The fourth-order valence-corrected chi connectivity index (χ4v) is 3.96. The van der Waals surface area contributed by atoms with Crippen LogP contribution >= 0.6 is 0 Å². The third kappa shape index (κ3) is 4.43. The van der Waals surface area contributed by atoms with Crippen LogP contribution in [0.15, 0.2) is 53.4 Å². The first-order chi connectivity index (χ1) is 12.8. The van der Waals surface area contributed by atoms with Gasteiger partial charge >= 0.3 is 0 Å². The van der Waals surface area contributed by atoms with Gasteiger partial charge in [0.05, 0.1) is 15.5 Å². The molecule has 0 bridgehead atoms. The van der Waals surface area contributed by atoms with Crippen molar-refractivity contribution in [2.45, 2.75) is 30.7 Å². The van der Waals surface area contributed by atoms with Gasteiger partial charge in [0.2, 0.25) is 5.91 Å². The molecule has 0 aliphatic heterocycles. The van der Waals surface area contributed by atoms with Crippen LogP contribution in [0.25, 0.3) is 0 Å². The zero-order valence-electron chi connectivity index (χ0n) is 14.7.